The third kappa shape index (κ3) is 2.94. The molecule has 0 radical (unpaired) electrons. The Bertz CT molecular complexity index is 1160. The highest BCUT2D eigenvalue weighted by Crippen LogP contribution is 2.22. The Hall–Kier alpha value is -3.25. The van der Waals surface area contributed by atoms with E-state index >= 15 is 0 Å². The number of benzene rings is 1. The van der Waals surface area contributed by atoms with Gasteiger partial charge in [-0.25, -0.2) is 4.98 Å². The lowest BCUT2D eigenvalue weighted by Crippen LogP contribution is -2.35. The van der Waals surface area contributed by atoms with Crippen molar-refractivity contribution in [3.63, 3.8) is 0 Å². The van der Waals surface area contributed by atoms with E-state index in [1.165, 1.54) is 5.56 Å². The molecule has 0 saturated heterocycles. The summed E-state index contributed by atoms with van der Waals surface area (Å²) in [6, 6.07) is 13.8. The summed E-state index contributed by atoms with van der Waals surface area (Å²) in [6.45, 7) is 2.23. The molecule has 27 heavy (non-hydrogen) atoms. The normalized spacial score (nSPS) is 14.4. The monoisotopic (exact) mass is 358 g/mol. The van der Waals surface area contributed by atoms with E-state index in [9.17, 15) is 4.79 Å². The maximum atomic E-state index is 12.6. The van der Waals surface area contributed by atoms with Gasteiger partial charge in [0.2, 0.25) is 0 Å². The number of para-hydroxylation sites is 1. The molecule has 1 aliphatic heterocycles. The average molecular weight is 358 g/mol. The quantitative estimate of drug-likeness (QED) is 0.609. The van der Waals surface area contributed by atoms with E-state index in [4.69, 9.17) is 4.42 Å². The summed E-state index contributed by atoms with van der Waals surface area (Å²) in [6.07, 6.45) is 4.17. The third-order valence-corrected chi connectivity index (χ3v) is 5.04. The van der Waals surface area contributed by atoms with E-state index in [1.807, 2.05) is 24.4 Å². The lowest BCUT2D eigenvalue weighted by Gasteiger charge is -2.28. The molecule has 4 aromatic rings. The van der Waals surface area contributed by atoms with E-state index in [0.717, 1.165) is 41.7 Å². The van der Waals surface area contributed by atoms with Crippen LogP contribution in [0.4, 0.5) is 0 Å². The minimum absolute atomic E-state index is 0.0873. The molecule has 134 valence electrons. The Morgan fingerprint density at radius 3 is 2.96 bits per heavy atom. The second kappa shape index (κ2) is 6.48. The topological polar surface area (TPSA) is 75.0 Å². The zero-order valence-corrected chi connectivity index (χ0v) is 14.7. The minimum Gasteiger partial charge on any atom is -0.461 e. The number of nitrogens with one attached hydrogen (secondary N) is 1. The predicted molar refractivity (Wildman–Crippen MR) is 102 cm³/mol. The first kappa shape index (κ1) is 16.0. The van der Waals surface area contributed by atoms with Gasteiger partial charge in [-0.15, -0.1) is 0 Å². The van der Waals surface area contributed by atoms with E-state index in [0.29, 0.717) is 18.1 Å². The Balaban J connectivity index is 1.44. The van der Waals surface area contributed by atoms with E-state index in [2.05, 4.69) is 32.0 Å². The van der Waals surface area contributed by atoms with Gasteiger partial charge >= 0.3 is 0 Å². The number of rotatable bonds is 3. The second-order valence-electron chi connectivity index (χ2n) is 6.76. The fourth-order valence-corrected chi connectivity index (χ4v) is 3.68. The first-order valence-electron chi connectivity index (χ1n) is 8.99. The first-order chi connectivity index (χ1) is 13.3. The highest BCUT2D eigenvalue weighted by molar-refractivity contribution is 5.81. The molecule has 1 aromatic carbocycles. The van der Waals surface area contributed by atoms with Gasteiger partial charge in [0.1, 0.15) is 0 Å². The number of aromatic nitrogens is 3. The fraction of sp³-hybridized carbons (Fsp3) is 0.190. The molecule has 0 unspecified atom stereocenters. The number of nitrogens with zero attached hydrogens (tertiary/aromatic N) is 3. The number of pyridine rings is 1. The lowest BCUT2D eigenvalue weighted by atomic mass is 10.0. The van der Waals surface area contributed by atoms with Crippen LogP contribution in [0.15, 0.2) is 64.1 Å². The van der Waals surface area contributed by atoms with Gasteiger partial charge in [0.25, 0.3) is 5.56 Å². The predicted octanol–water partition coefficient (Wildman–Crippen LogP) is 3.14. The number of hydrogen-bond donors (Lipinski definition) is 1. The number of furan rings is 1. The number of fused-ring (bicyclic) bond motifs is 2. The van der Waals surface area contributed by atoms with Crippen LogP contribution in [0.5, 0.6) is 0 Å². The number of aromatic amines is 1. The van der Waals surface area contributed by atoms with Crippen molar-refractivity contribution in [3.8, 4) is 11.6 Å². The molecule has 5 rings (SSSR count). The molecule has 0 atom stereocenters. The Morgan fingerprint density at radius 1 is 1.15 bits per heavy atom. The van der Waals surface area contributed by atoms with Gasteiger partial charge in [-0.05, 0) is 29.8 Å². The van der Waals surface area contributed by atoms with Crippen molar-refractivity contribution in [1.82, 2.24) is 19.9 Å². The summed E-state index contributed by atoms with van der Waals surface area (Å²) in [5.41, 5.74) is 3.74. The summed E-state index contributed by atoms with van der Waals surface area (Å²) in [4.78, 5) is 26.8. The largest absolute Gasteiger partial charge is 0.461 e. The SMILES string of the molecule is O=c1[nH]c(-c2ccco2)nc2c1CN(Cc1ccnc3ccccc13)CC2. The summed E-state index contributed by atoms with van der Waals surface area (Å²) >= 11 is 0. The highest BCUT2D eigenvalue weighted by Gasteiger charge is 2.22. The Kier molecular flexibility index (Phi) is 3.83. The molecule has 4 heterocycles. The van der Waals surface area contributed by atoms with Crippen LogP contribution in [0.25, 0.3) is 22.5 Å². The van der Waals surface area contributed by atoms with Crippen LogP contribution in [-0.2, 0) is 19.5 Å². The van der Waals surface area contributed by atoms with Gasteiger partial charge in [-0.2, -0.15) is 0 Å². The molecule has 0 bridgehead atoms. The van der Waals surface area contributed by atoms with Crippen molar-refractivity contribution in [1.29, 1.82) is 0 Å². The van der Waals surface area contributed by atoms with E-state index in [1.54, 1.807) is 18.4 Å². The van der Waals surface area contributed by atoms with Crippen LogP contribution in [0.3, 0.4) is 0 Å². The smallest absolute Gasteiger partial charge is 0.256 e. The Morgan fingerprint density at radius 2 is 2.07 bits per heavy atom. The average Bonchev–Trinajstić information content (AvgIpc) is 3.23. The van der Waals surface area contributed by atoms with E-state index in [-0.39, 0.29) is 5.56 Å². The molecule has 3 aromatic heterocycles. The van der Waals surface area contributed by atoms with Crippen LogP contribution >= 0.6 is 0 Å². The van der Waals surface area contributed by atoms with Crippen molar-refractivity contribution in [2.24, 2.45) is 0 Å². The number of H-pyrrole nitrogens is 1. The van der Waals surface area contributed by atoms with Crippen molar-refractivity contribution in [2.45, 2.75) is 19.5 Å². The van der Waals surface area contributed by atoms with Crippen LogP contribution in [0, 0.1) is 0 Å². The standard InChI is InChI=1S/C21H18N4O2/c26-21-16-13-25(12-14-7-9-22-17-5-2-1-4-15(14)17)10-8-18(16)23-20(24-21)19-6-3-11-27-19/h1-7,9,11H,8,10,12-13H2,(H,23,24,26). The zero-order valence-electron chi connectivity index (χ0n) is 14.7. The second-order valence-corrected chi connectivity index (χ2v) is 6.76. The molecule has 1 N–H and O–H groups in total. The van der Waals surface area contributed by atoms with Gasteiger partial charge in [-0.3, -0.25) is 14.7 Å². The summed E-state index contributed by atoms with van der Waals surface area (Å²) < 4.78 is 5.36. The maximum absolute atomic E-state index is 12.6. The van der Waals surface area contributed by atoms with Crippen molar-refractivity contribution in [3.05, 3.63) is 82.1 Å². The molecular weight excluding hydrogens is 340 g/mol. The van der Waals surface area contributed by atoms with Gasteiger partial charge in [0.15, 0.2) is 11.6 Å². The highest BCUT2D eigenvalue weighted by atomic mass is 16.3. The minimum atomic E-state index is -0.0873. The van der Waals surface area contributed by atoms with Gasteiger partial charge in [-0.1, -0.05) is 18.2 Å². The van der Waals surface area contributed by atoms with Crippen LogP contribution in [0.2, 0.25) is 0 Å². The lowest BCUT2D eigenvalue weighted by molar-refractivity contribution is 0.242. The van der Waals surface area contributed by atoms with E-state index < -0.39 is 0 Å². The molecule has 0 spiro atoms. The summed E-state index contributed by atoms with van der Waals surface area (Å²) in [5, 5.41) is 1.16. The zero-order chi connectivity index (χ0) is 18.2. The third-order valence-electron chi connectivity index (χ3n) is 5.04. The van der Waals surface area contributed by atoms with Crippen molar-refractivity contribution < 1.29 is 4.42 Å². The van der Waals surface area contributed by atoms with Crippen LogP contribution in [-0.4, -0.2) is 26.4 Å². The van der Waals surface area contributed by atoms with Crippen LogP contribution in [0.1, 0.15) is 16.8 Å². The van der Waals surface area contributed by atoms with Gasteiger partial charge in [0, 0.05) is 37.6 Å². The number of hydrogen-bond acceptors (Lipinski definition) is 5. The molecule has 0 fully saturated rings. The fourth-order valence-electron chi connectivity index (χ4n) is 3.68. The van der Waals surface area contributed by atoms with Crippen molar-refractivity contribution in [2.75, 3.05) is 6.54 Å². The molecule has 6 nitrogen and oxygen atoms in total. The molecular formula is C21H18N4O2. The summed E-state index contributed by atoms with van der Waals surface area (Å²) in [7, 11) is 0. The molecule has 0 saturated carbocycles. The molecule has 6 heteroatoms. The molecule has 0 aliphatic carbocycles. The Labute approximate surface area is 155 Å². The summed E-state index contributed by atoms with van der Waals surface area (Å²) in [5.74, 6) is 1.08. The first-order valence-corrected chi connectivity index (χ1v) is 8.99. The molecule has 1 aliphatic rings. The van der Waals surface area contributed by atoms with Crippen molar-refractivity contribution >= 4 is 10.9 Å². The molecule has 0 amide bonds. The van der Waals surface area contributed by atoms with Crippen LogP contribution < -0.4 is 5.56 Å². The van der Waals surface area contributed by atoms with Gasteiger partial charge < -0.3 is 9.40 Å². The maximum Gasteiger partial charge on any atom is 0.256 e. The van der Waals surface area contributed by atoms with Gasteiger partial charge in [0.05, 0.1) is 23.0 Å².